The van der Waals surface area contributed by atoms with E-state index in [4.69, 9.17) is 0 Å². The maximum atomic E-state index is 12.3. The van der Waals surface area contributed by atoms with Gasteiger partial charge in [-0.15, -0.1) is 0 Å². The molecular formula is C17H15N3O2. The van der Waals surface area contributed by atoms with Gasteiger partial charge in [0.25, 0.3) is 5.91 Å². The first kappa shape index (κ1) is 13.9. The van der Waals surface area contributed by atoms with Crippen molar-refractivity contribution in [1.82, 2.24) is 4.98 Å². The number of fused-ring (bicyclic) bond motifs is 1. The summed E-state index contributed by atoms with van der Waals surface area (Å²) in [6.45, 7) is 1.44. The summed E-state index contributed by atoms with van der Waals surface area (Å²) >= 11 is 0. The Kier molecular flexibility index (Phi) is 3.62. The van der Waals surface area contributed by atoms with Crippen molar-refractivity contribution in [2.75, 3.05) is 10.6 Å². The molecule has 2 amide bonds. The van der Waals surface area contributed by atoms with Crippen molar-refractivity contribution in [3.05, 3.63) is 60.3 Å². The molecule has 0 bridgehead atoms. The molecule has 1 aromatic heterocycles. The van der Waals surface area contributed by atoms with Crippen molar-refractivity contribution in [3.8, 4) is 0 Å². The van der Waals surface area contributed by atoms with Crippen LogP contribution >= 0.6 is 0 Å². The molecule has 2 aromatic carbocycles. The average molecular weight is 293 g/mol. The van der Waals surface area contributed by atoms with E-state index >= 15 is 0 Å². The zero-order valence-electron chi connectivity index (χ0n) is 12.0. The van der Waals surface area contributed by atoms with Gasteiger partial charge < -0.3 is 15.6 Å². The van der Waals surface area contributed by atoms with Gasteiger partial charge in [0.05, 0.1) is 0 Å². The fraction of sp³-hybridized carbons (Fsp3) is 0.0588. The van der Waals surface area contributed by atoms with Gasteiger partial charge in [0.2, 0.25) is 5.91 Å². The second-order valence-electron chi connectivity index (χ2n) is 4.99. The third-order valence-electron chi connectivity index (χ3n) is 3.22. The lowest BCUT2D eigenvalue weighted by molar-refractivity contribution is -0.114. The predicted molar refractivity (Wildman–Crippen MR) is 87.0 cm³/mol. The topological polar surface area (TPSA) is 74.0 Å². The number of aromatic amines is 1. The Hall–Kier alpha value is -3.08. The monoisotopic (exact) mass is 293 g/mol. The highest BCUT2D eigenvalue weighted by Gasteiger charge is 2.10. The van der Waals surface area contributed by atoms with E-state index in [0.717, 1.165) is 10.9 Å². The number of hydrogen-bond donors (Lipinski definition) is 3. The Morgan fingerprint density at radius 2 is 1.64 bits per heavy atom. The van der Waals surface area contributed by atoms with E-state index in [-0.39, 0.29) is 11.8 Å². The molecule has 0 fully saturated rings. The highest BCUT2D eigenvalue weighted by atomic mass is 16.2. The van der Waals surface area contributed by atoms with Crippen LogP contribution in [0.5, 0.6) is 0 Å². The third-order valence-corrected chi connectivity index (χ3v) is 3.22. The molecule has 3 rings (SSSR count). The van der Waals surface area contributed by atoms with Gasteiger partial charge in [0.1, 0.15) is 5.69 Å². The van der Waals surface area contributed by atoms with E-state index in [1.165, 1.54) is 6.92 Å². The maximum Gasteiger partial charge on any atom is 0.272 e. The minimum Gasteiger partial charge on any atom is -0.351 e. The van der Waals surface area contributed by atoms with Gasteiger partial charge >= 0.3 is 0 Å². The molecule has 0 spiro atoms. The molecule has 1 heterocycles. The zero-order valence-corrected chi connectivity index (χ0v) is 12.0. The number of rotatable bonds is 3. The number of aromatic nitrogens is 1. The maximum absolute atomic E-state index is 12.3. The molecule has 110 valence electrons. The number of benzene rings is 2. The Morgan fingerprint density at radius 1 is 0.909 bits per heavy atom. The molecular weight excluding hydrogens is 278 g/mol. The van der Waals surface area contributed by atoms with Gasteiger partial charge in [0, 0.05) is 29.2 Å². The summed E-state index contributed by atoms with van der Waals surface area (Å²) < 4.78 is 0. The van der Waals surface area contributed by atoms with Crippen LogP contribution < -0.4 is 10.6 Å². The van der Waals surface area contributed by atoms with Crippen molar-refractivity contribution in [2.45, 2.75) is 6.92 Å². The first-order valence-corrected chi connectivity index (χ1v) is 6.88. The van der Waals surface area contributed by atoms with Gasteiger partial charge in [-0.05, 0) is 30.3 Å². The standard InChI is InChI=1S/C17H15N3O2/c1-11(21)18-13-6-4-7-14(10-13)19-17(22)16-9-12-5-2-3-8-15(12)20-16/h2-10,20H,1H3,(H,18,21)(H,19,22). The molecule has 0 atom stereocenters. The summed E-state index contributed by atoms with van der Waals surface area (Å²) in [5.41, 5.74) is 2.67. The molecule has 0 radical (unpaired) electrons. The molecule has 0 aliphatic heterocycles. The summed E-state index contributed by atoms with van der Waals surface area (Å²) in [6.07, 6.45) is 0. The molecule has 3 N–H and O–H groups in total. The number of carbonyl (C=O) groups is 2. The first-order valence-electron chi connectivity index (χ1n) is 6.88. The number of para-hydroxylation sites is 1. The summed E-state index contributed by atoms with van der Waals surface area (Å²) in [6, 6.07) is 16.5. The van der Waals surface area contributed by atoms with Crippen molar-refractivity contribution >= 4 is 34.1 Å². The highest BCUT2D eigenvalue weighted by molar-refractivity contribution is 6.06. The van der Waals surface area contributed by atoms with Crippen LogP contribution in [0.15, 0.2) is 54.6 Å². The van der Waals surface area contributed by atoms with Gasteiger partial charge in [-0.1, -0.05) is 24.3 Å². The zero-order chi connectivity index (χ0) is 15.5. The van der Waals surface area contributed by atoms with Crippen LogP contribution in [0.2, 0.25) is 0 Å². The lowest BCUT2D eigenvalue weighted by Crippen LogP contribution is -2.12. The Labute approximate surface area is 127 Å². The van der Waals surface area contributed by atoms with Crippen LogP contribution in [0.1, 0.15) is 17.4 Å². The smallest absolute Gasteiger partial charge is 0.272 e. The Morgan fingerprint density at radius 3 is 2.36 bits per heavy atom. The van der Waals surface area contributed by atoms with Crippen LogP contribution in [-0.2, 0) is 4.79 Å². The van der Waals surface area contributed by atoms with Crippen LogP contribution in [0, 0.1) is 0 Å². The lowest BCUT2D eigenvalue weighted by Gasteiger charge is -2.07. The molecule has 0 saturated carbocycles. The van der Waals surface area contributed by atoms with Crippen LogP contribution in [0.25, 0.3) is 10.9 Å². The predicted octanol–water partition coefficient (Wildman–Crippen LogP) is 3.38. The van der Waals surface area contributed by atoms with Crippen molar-refractivity contribution in [1.29, 1.82) is 0 Å². The largest absolute Gasteiger partial charge is 0.351 e. The number of amides is 2. The Balaban J connectivity index is 1.80. The summed E-state index contributed by atoms with van der Waals surface area (Å²) in [4.78, 5) is 26.4. The third kappa shape index (κ3) is 2.98. The molecule has 22 heavy (non-hydrogen) atoms. The average Bonchev–Trinajstić information content (AvgIpc) is 2.91. The minimum atomic E-state index is -0.226. The minimum absolute atomic E-state index is 0.154. The van der Waals surface area contributed by atoms with Gasteiger partial charge in [-0.2, -0.15) is 0 Å². The molecule has 0 aliphatic rings. The number of carbonyl (C=O) groups excluding carboxylic acids is 2. The van der Waals surface area contributed by atoms with E-state index in [1.807, 2.05) is 30.3 Å². The fourth-order valence-electron chi connectivity index (χ4n) is 2.27. The van der Waals surface area contributed by atoms with Crippen LogP contribution in [-0.4, -0.2) is 16.8 Å². The van der Waals surface area contributed by atoms with Gasteiger partial charge in [0.15, 0.2) is 0 Å². The van der Waals surface area contributed by atoms with Crippen LogP contribution in [0.3, 0.4) is 0 Å². The molecule has 0 aliphatic carbocycles. The fourth-order valence-corrected chi connectivity index (χ4v) is 2.27. The summed E-state index contributed by atoms with van der Waals surface area (Å²) in [7, 11) is 0. The SMILES string of the molecule is CC(=O)Nc1cccc(NC(=O)c2cc3ccccc3[nH]2)c1. The second kappa shape index (κ2) is 5.73. The second-order valence-corrected chi connectivity index (χ2v) is 4.99. The number of anilines is 2. The molecule has 0 saturated heterocycles. The van der Waals surface area contributed by atoms with Crippen LogP contribution in [0.4, 0.5) is 11.4 Å². The van der Waals surface area contributed by atoms with Gasteiger partial charge in [-0.25, -0.2) is 0 Å². The molecule has 5 nitrogen and oxygen atoms in total. The first-order chi connectivity index (χ1) is 10.6. The van der Waals surface area contributed by atoms with E-state index in [1.54, 1.807) is 24.3 Å². The van der Waals surface area contributed by atoms with Crippen molar-refractivity contribution < 1.29 is 9.59 Å². The number of hydrogen-bond acceptors (Lipinski definition) is 2. The molecule has 3 aromatic rings. The summed E-state index contributed by atoms with van der Waals surface area (Å²) in [5, 5.41) is 6.48. The lowest BCUT2D eigenvalue weighted by atomic mass is 10.2. The summed E-state index contributed by atoms with van der Waals surface area (Å²) in [5.74, 6) is -0.379. The van der Waals surface area contributed by atoms with Crippen molar-refractivity contribution in [3.63, 3.8) is 0 Å². The van der Waals surface area contributed by atoms with E-state index in [9.17, 15) is 9.59 Å². The quantitative estimate of drug-likeness (QED) is 0.692. The van der Waals surface area contributed by atoms with Gasteiger partial charge in [-0.3, -0.25) is 9.59 Å². The molecule has 0 unspecified atom stereocenters. The number of nitrogens with one attached hydrogen (secondary N) is 3. The van der Waals surface area contributed by atoms with E-state index in [0.29, 0.717) is 17.1 Å². The molecule has 5 heteroatoms. The van der Waals surface area contributed by atoms with E-state index < -0.39 is 0 Å². The van der Waals surface area contributed by atoms with E-state index in [2.05, 4.69) is 15.6 Å². The normalized spacial score (nSPS) is 10.4. The Bertz CT molecular complexity index is 819. The number of H-pyrrole nitrogens is 1. The van der Waals surface area contributed by atoms with Crippen molar-refractivity contribution in [2.24, 2.45) is 0 Å². The highest BCUT2D eigenvalue weighted by Crippen LogP contribution is 2.18.